The minimum Gasteiger partial charge on any atom is -0.497 e. The number of nitrogens with one attached hydrogen (secondary N) is 1. The molecule has 2 amide bonds. The van der Waals surface area contributed by atoms with Gasteiger partial charge in [0.2, 0.25) is 11.8 Å². The number of rotatable bonds is 7. The summed E-state index contributed by atoms with van der Waals surface area (Å²) in [5.41, 5.74) is 0. The van der Waals surface area contributed by atoms with E-state index in [4.69, 9.17) is 9.47 Å². The molecule has 9 heteroatoms. The molecule has 2 N–H and O–H groups in total. The van der Waals surface area contributed by atoms with E-state index in [1.54, 1.807) is 52.1 Å². The number of thioether (sulfide) groups is 1. The van der Waals surface area contributed by atoms with Crippen molar-refractivity contribution in [3.8, 4) is 11.5 Å². The van der Waals surface area contributed by atoms with Crippen LogP contribution in [-0.4, -0.2) is 63.2 Å². The maximum atomic E-state index is 12.4. The average molecular weight is 408 g/mol. The summed E-state index contributed by atoms with van der Waals surface area (Å²) in [5.74, 6) is -0.366. The van der Waals surface area contributed by atoms with Crippen molar-refractivity contribution in [2.75, 3.05) is 7.11 Å². The molecule has 1 aromatic carbocycles. The molecule has 152 valence electrons. The van der Waals surface area contributed by atoms with Gasteiger partial charge in [-0.25, -0.2) is 4.79 Å². The van der Waals surface area contributed by atoms with Crippen molar-refractivity contribution >= 4 is 29.5 Å². The molecular weight excluding hydrogens is 384 g/mol. The molecular formula is C19H24N2O6S. The van der Waals surface area contributed by atoms with E-state index in [0.29, 0.717) is 11.5 Å². The Hall–Kier alpha value is -2.42. The van der Waals surface area contributed by atoms with Crippen LogP contribution < -0.4 is 14.8 Å². The van der Waals surface area contributed by atoms with Crippen molar-refractivity contribution in [3.63, 3.8) is 0 Å². The van der Waals surface area contributed by atoms with Crippen molar-refractivity contribution in [1.82, 2.24) is 10.2 Å². The fraction of sp³-hybridized carbons (Fsp3) is 0.526. The van der Waals surface area contributed by atoms with Gasteiger partial charge in [0.1, 0.15) is 35.1 Å². The number of ether oxygens (including phenoxy) is 2. The van der Waals surface area contributed by atoms with Gasteiger partial charge in [-0.05, 0) is 45.0 Å². The number of nitrogens with zero attached hydrogens (tertiary/aromatic N) is 1. The number of carboxylic acids is 1. The molecule has 2 aliphatic heterocycles. The number of benzene rings is 1. The van der Waals surface area contributed by atoms with Crippen molar-refractivity contribution in [2.45, 2.75) is 55.5 Å². The number of hydrogen-bond donors (Lipinski definition) is 2. The van der Waals surface area contributed by atoms with Crippen LogP contribution in [0.3, 0.4) is 0 Å². The fourth-order valence-electron chi connectivity index (χ4n) is 3.57. The zero-order valence-corrected chi connectivity index (χ0v) is 17.0. The second-order valence-corrected chi connectivity index (χ2v) is 9.22. The van der Waals surface area contributed by atoms with Crippen LogP contribution in [0.1, 0.15) is 27.2 Å². The summed E-state index contributed by atoms with van der Waals surface area (Å²) in [5, 5.41) is 11.8. The topological polar surface area (TPSA) is 105 Å². The third-order valence-electron chi connectivity index (χ3n) is 4.86. The normalized spacial score (nSPS) is 26.1. The van der Waals surface area contributed by atoms with E-state index in [0.717, 1.165) is 0 Å². The first-order chi connectivity index (χ1) is 13.1. The molecule has 4 atom stereocenters. The lowest BCUT2D eigenvalue weighted by Gasteiger charge is -2.43. The highest BCUT2D eigenvalue weighted by atomic mass is 32.2. The number of carbonyl (C=O) groups excluding carboxylic acids is 2. The molecule has 0 aromatic heterocycles. The van der Waals surface area contributed by atoms with Gasteiger partial charge >= 0.3 is 5.97 Å². The summed E-state index contributed by atoms with van der Waals surface area (Å²) in [6.07, 6.45) is -0.307. The van der Waals surface area contributed by atoms with E-state index in [9.17, 15) is 19.5 Å². The molecule has 1 unspecified atom stereocenters. The number of fused-ring (bicyclic) bond motifs is 1. The van der Waals surface area contributed by atoms with Crippen molar-refractivity contribution in [2.24, 2.45) is 0 Å². The Balaban J connectivity index is 1.54. The number of hydrogen-bond acceptors (Lipinski definition) is 6. The monoisotopic (exact) mass is 408 g/mol. The van der Waals surface area contributed by atoms with Crippen molar-refractivity contribution in [3.05, 3.63) is 24.3 Å². The summed E-state index contributed by atoms with van der Waals surface area (Å²) in [7, 11) is 1.58. The van der Waals surface area contributed by atoms with E-state index >= 15 is 0 Å². The zero-order chi connectivity index (χ0) is 20.6. The van der Waals surface area contributed by atoms with E-state index < -0.39 is 22.8 Å². The average Bonchev–Trinajstić information content (AvgIpc) is 2.88. The summed E-state index contributed by atoms with van der Waals surface area (Å²) < 4.78 is 10.2. The molecule has 28 heavy (non-hydrogen) atoms. The van der Waals surface area contributed by atoms with Crippen LogP contribution in [0.4, 0.5) is 0 Å². The first-order valence-electron chi connectivity index (χ1n) is 8.97. The quantitative estimate of drug-likeness (QED) is 0.659. The molecule has 0 aliphatic carbocycles. The predicted molar refractivity (Wildman–Crippen MR) is 103 cm³/mol. The second kappa shape index (κ2) is 7.54. The van der Waals surface area contributed by atoms with E-state index in [-0.39, 0.29) is 29.7 Å². The zero-order valence-electron chi connectivity index (χ0n) is 16.2. The van der Waals surface area contributed by atoms with Crippen LogP contribution >= 0.6 is 11.8 Å². The minimum absolute atomic E-state index is 0.0823. The van der Waals surface area contributed by atoms with Gasteiger partial charge in [0.05, 0.1) is 13.5 Å². The number of amides is 2. The second-order valence-electron chi connectivity index (χ2n) is 7.45. The molecule has 3 rings (SSSR count). The summed E-state index contributed by atoms with van der Waals surface area (Å²) >= 11 is 1.40. The van der Waals surface area contributed by atoms with Gasteiger partial charge in [0, 0.05) is 4.75 Å². The lowest BCUT2D eigenvalue weighted by Crippen LogP contribution is -2.70. The van der Waals surface area contributed by atoms with Gasteiger partial charge < -0.3 is 24.8 Å². The third-order valence-corrected chi connectivity index (χ3v) is 6.43. The van der Waals surface area contributed by atoms with E-state index in [1.807, 2.05) is 0 Å². The fourth-order valence-corrected chi connectivity index (χ4v) is 5.19. The number of carbonyl (C=O) groups is 3. The van der Waals surface area contributed by atoms with Crippen LogP contribution in [0, 0.1) is 0 Å². The smallest absolute Gasteiger partial charge is 0.327 e. The summed E-state index contributed by atoms with van der Waals surface area (Å²) in [6.45, 7) is 5.37. The third kappa shape index (κ3) is 3.76. The number of aliphatic carboxylic acids is 1. The van der Waals surface area contributed by atoms with Gasteiger partial charge in [-0.2, -0.15) is 0 Å². The van der Waals surface area contributed by atoms with Gasteiger partial charge in [-0.15, -0.1) is 11.8 Å². The van der Waals surface area contributed by atoms with Gasteiger partial charge in [-0.1, -0.05) is 0 Å². The SMILES string of the molecule is COc1ccc(OC(C)CC(=O)N[C@@H]2C(=O)N3[C@@H]2SC(C)(C)[C@@H]3C(=O)O)cc1. The maximum Gasteiger partial charge on any atom is 0.327 e. The number of methoxy groups -OCH3 is 1. The lowest BCUT2D eigenvalue weighted by atomic mass is 9.96. The Morgan fingerprint density at radius 1 is 1.29 bits per heavy atom. The molecule has 0 spiro atoms. The number of carboxylic acid groups (broad SMARTS) is 1. The first-order valence-corrected chi connectivity index (χ1v) is 9.85. The van der Waals surface area contributed by atoms with Crippen LogP contribution in [-0.2, 0) is 14.4 Å². The molecule has 2 saturated heterocycles. The van der Waals surface area contributed by atoms with Crippen molar-refractivity contribution < 1.29 is 29.0 Å². The minimum atomic E-state index is -1.03. The first kappa shape index (κ1) is 20.3. The molecule has 2 fully saturated rings. The maximum absolute atomic E-state index is 12.4. The Kier molecular flexibility index (Phi) is 5.47. The molecule has 0 saturated carbocycles. The summed E-state index contributed by atoms with van der Waals surface area (Å²) in [6, 6.07) is 5.45. The van der Waals surface area contributed by atoms with Gasteiger partial charge in [0.25, 0.3) is 0 Å². The van der Waals surface area contributed by atoms with Gasteiger partial charge in [0.15, 0.2) is 0 Å². The Labute approximate surface area is 167 Å². The standard InChI is InChI=1S/C19H24N2O6S/c1-10(27-12-7-5-11(26-4)6-8-12)9-13(22)20-14-16(23)21-15(18(24)25)19(2,3)28-17(14)21/h5-8,10,14-15,17H,9H2,1-4H3,(H,20,22)(H,24,25)/t10?,14-,15+,17-/m1/s1. The van der Waals surface area contributed by atoms with Crippen molar-refractivity contribution in [1.29, 1.82) is 0 Å². The van der Waals surface area contributed by atoms with Crippen LogP contribution in [0.5, 0.6) is 11.5 Å². The molecule has 2 heterocycles. The lowest BCUT2D eigenvalue weighted by molar-refractivity contribution is -0.161. The highest BCUT2D eigenvalue weighted by Crippen LogP contribution is 2.50. The van der Waals surface area contributed by atoms with E-state index in [2.05, 4.69) is 5.32 Å². The summed E-state index contributed by atoms with van der Waals surface area (Å²) in [4.78, 5) is 37.6. The van der Waals surface area contributed by atoms with E-state index in [1.165, 1.54) is 16.7 Å². The van der Waals surface area contributed by atoms with Crippen LogP contribution in [0.15, 0.2) is 24.3 Å². The van der Waals surface area contributed by atoms with Gasteiger partial charge in [-0.3, -0.25) is 9.59 Å². The molecule has 0 radical (unpaired) electrons. The molecule has 1 aromatic rings. The predicted octanol–water partition coefficient (Wildman–Crippen LogP) is 1.48. The Morgan fingerprint density at radius 2 is 1.89 bits per heavy atom. The molecule has 8 nitrogen and oxygen atoms in total. The van der Waals surface area contributed by atoms with Crippen LogP contribution in [0.2, 0.25) is 0 Å². The number of β-lactam (4-membered cyclic amide) rings is 1. The molecule has 0 bridgehead atoms. The highest BCUT2D eigenvalue weighted by Gasteiger charge is 2.64. The Bertz CT molecular complexity index is 781. The largest absolute Gasteiger partial charge is 0.497 e. The Morgan fingerprint density at radius 3 is 2.46 bits per heavy atom. The van der Waals surface area contributed by atoms with Crippen LogP contribution in [0.25, 0.3) is 0 Å². The highest BCUT2D eigenvalue weighted by molar-refractivity contribution is 8.01. The molecule has 2 aliphatic rings.